The molecule has 0 saturated carbocycles. The van der Waals surface area contributed by atoms with Crippen molar-refractivity contribution in [2.75, 3.05) is 0 Å². The molecule has 0 fully saturated rings. The maximum atomic E-state index is 11.0. The zero-order valence-corrected chi connectivity index (χ0v) is 11.5. The van der Waals surface area contributed by atoms with Gasteiger partial charge in [-0.05, 0) is 30.5 Å². The van der Waals surface area contributed by atoms with E-state index < -0.39 is 11.0 Å². The summed E-state index contributed by atoms with van der Waals surface area (Å²) in [5, 5.41) is 21.2. The van der Waals surface area contributed by atoms with Gasteiger partial charge >= 0.3 is 0 Å². The van der Waals surface area contributed by atoms with Crippen LogP contribution in [0.15, 0.2) is 42.5 Å². The molecule has 0 aliphatic carbocycles. The molecule has 0 saturated heterocycles. The van der Waals surface area contributed by atoms with Gasteiger partial charge in [-0.1, -0.05) is 36.4 Å². The van der Waals surface area contributed by atoms with Crippen LogP contribution in [0.2, 0.25) is 0 Å². The summed E-state index contributed by atoms with van der Waals surface area (Å²) < 4.78 is 0. The largest absolute Gasteiger partial charge is 0.388 e. The molecular formula is C16H17NO3. The predicted molar refractivity (Wildman–Crippen MR) is 77.7 cm³/mol. The van der Waals surface area contributed by atoms with Crippen LogP contribution in [0.5, 0.6) is 0 Å². The Kier molecular flexibility index (Phi) is 4.15. The summed E-state index contributed by atoms with van der Waals surface area (Å²) in [7, 11) is 0. The van der Waals surface area contributed by atoms with Crippen molar-refractivity contribution in [3.63, 3.8) is 0 Å². The smallest absolute Gasteiger partial charge is 0.272 e. The van der Waals surface area contributed by atoms with Gasteiger partial charge in [0.1, 0.15) is 0 Å². The lowest BCUT2D eigenvalue weighted by atomic mass is 9.97. The number of hydrogen-bond donors (Lipinski definition) is 1. The summed E-state index contributed by atoms with van der Waals surface area (Å²) >= 11 is 0. The van der Waals surface area contributed by atoms with E-state index in [0.717, 1.165) is 16.7 Å². The second-order valence-corrected chi connectivity index (χ2v) is 4.95. The number of nitro benzene ring substituents is 1. The van der Waals surface area contributed by atoms with E-state index in [9.17, 15) is 15.2 Å². The minimum Gasteiger partial charge on any atom is -0.388 e. The van der Waals surface area contributed by atoms with E-state index in [1.165, 1.54) is 6.07 Å². The van der Waals surface area contributed by atoms with Gasteiger partial charge in [0.25, 0.3) is 5.69 Å². The first-order valence-electron chi connectivity index (χ1n) is 6.46. The number of rotatable bonds is 4. The average Bonchev–Trinajstić information content (AvgIpc) is 2.42. The molecule has 4 heteroatoms. The van der Waals surface area contributed by atoms with Crippen LogP contribution in [0.1, 0.15) is 28.4 Å². The fourth-order valence-electron chi connectivity index (χ4n) is 2.16. The average molecular weight is 271 g/mol. The second-order valence-electron chi connectivity index (χ2n) is 4.95. The van der Waals surface area contributed by atoms with Crippen LogP contribution in [-0.2, 0) is 6.42 Å². The Morgan fingerprint density at radius 3 is 2.50 bits per heavy atom. The maximum absolute atomic E-state index is 11.0. The molecule has 0 aliphatic rings. The van der Waals surface area contributed by atoms with Gasteiger partial charge in [-0.2, -0.15) is 0 Å². The van der Waals surface area contributed by atoms with Crippen molar-refractivity contribution in [2.24, 2.45) is 0 Å². The molecule has 0 spiro atoms. The molecule has 0 radical (unpaired) electrons. The van der Waals surface area contributed by atoms with Crippen LogP contribution >= 0.6 is 0 Å². The van der Waals surface area contributed by atoms with Crippen LogP contribution < -0.4 is 0 Å². The molecule has 104 valence electrons. The van der Waals surface area contributed by atoms with E-state index in [4.69, 9.17) is 0 Å². The summed E-state index contributed by atoms with van der Waals surface area (Å²) in [6.07, 6.45) is -0.505. The van der Waals surface area contributed by atoms with Crippen LogP contribution in [0.4, 0.5) is 5.69 Å². The Balaban J connectivity index is 2.25. The number of aryl methyl sites for hydroxylation is 2. The highest BCUT2D eigenvalue weighted by molar-refractivity contribution is 5.41. The molecular weight excluding hydrogens is 254 g/mol. The molecule has 20 heavy (non-hydrogen) atoms. The monoisotopic (exact) mass is 271 g/mol. The quantitative estimate of drug-likeness (QED) is 0.684. The van der Waals surface area contributed by atoms with Gasteiger partial charge < -0.3 is 5.11 Å². The topological polar surface area (TPSA) is 63.4 Å². The Labute approximate surface area is 117 Å². The van der Waals surface area contributed by atoms with Gasteiger partial charge in [0.15, 0.2) is 0 Å². The fraction of sp³-hybridized carbons (Fsp3) is 0.250. The normalized spacial score (nSPS) is 12.2. The van der Waals surface area contributed by atoms with Gasteiger partial charge in [-0.25, -0.2) is 0 Å². The lowest BCUT2D eigenvalue weighted by Crippen LogP contribution is -2.05. The number of hydrogen-bond acceptors (Lipinski definition) is 3. The highest BCUT2D eigenvalue weighted by atomic mass is 16.6. The molecule has 0 aromatic heterocycles. The lowest BCUT2D eigenvalue weighted by Gasteiger charge is -2.13. The van der Waals surface area contributed by atoms with Crippen molar-refractivity contribution >= 4 is 5.69 Å². The molecule has 2 aromatic carbocycles. The van der Waals surface area contributed by atoms with Crippen molar-refractivity contribution in [1.29, 1.82) is 0 Å². The zero-order valence-electron chi connectivity index (χ0n) is 11.5. The summed E-state index contributed by atoms with van der Waals surface area (Å²) in [5.41, 5.74) is 3.64. The molecule has 0 aliphatic heterocycles. The number of benzene rings is 2. The van der Waals surface area contributed by atoms with Crippen LogP contribution in [-0.4, -0.2) is 10.0 Å². The molecule has 1 N–H and O–H groups in total. The molecule has 1 unspecified atom stereocenters. The Bertz CT molecular complexity index is 637. The third-order valence-electron chi connectivity index (χ3n) is 3.52. The van der Waals surface area contributed by atoms with E-state index >= 15 is 0 Å². The van der Waals surface area contributed by atoms with Gasteiger partial charge in [-0.15, -0.1) is 0 Å². The number of aliphatic hydroxyl groups excluding tert-OH is 1. The van der Waals surface area contributed by atoms with Crippen LogP contribution in [0.25, 0.3) is 0 Å². The third kappa shape index (κ3) is 3.03. The highest BCUT2D eigenvalue weighted by Crippen LogP contribution is 2.25. The summed E-state index contributed by atoms with van der Waals surface area (Å²) in [6.45, 7) is 3.99. The van der Waals surface area contributed by atoms with Crippen molar-refractivity contribution in [1.82, 2.24) is 0 Å². The number of aliphatic hydroxyl groups is 1. The van der Waals surface area contributed by atoms with Crippen molar-refractivity contribution in [3.8, 4) is 0 Å². The molecule has 4 nitrogen and oxygen atoms in total. The second kappa shape index (κ2) is 5.84. The van der Waals surface area contributed by atoms with Gasteiger partial charge in [0, 0.05) is 18.1 Å². The van der Waals surface area contributed by atoms with Crippen molar-refractivity contribution in [3.05, 3.63) is 74.8 Å². The molecule has 0 amide bonds. The summed E-state index contributed by atoms with van der Waals surface area (Å²) in [5.74, 6) is 0. The molecule has 2 rings (SSSR count). The summed E-state index contributed by atoms with van der Waals surface area (Å²) in [4.78, 5) is 10.5. The van der Waals surface area contributed by atoms with E-state index in [1.807, 2.05) is 32.0 Å². The fourth-order valence-corrected chi connectivity index (χ4v) is 2.16. The van der Waals surface area contributed by atoms with Crippen molar-refractivity contribution in [2.45, 2.75) is 26.4 Å². The minimum atomic E-state index is -0.740. The van der Waals surface area contributed by atoms with Gasteiger partial charge in [-0.3, -0.25) is 10.1 Å². The maximum Gasteiger partial charge on any atom is 0.272 e. The van der Waals surface area contributed by atoms with E-state index in [-0.39, 0.29) is 12.1 Å². The van der Waals surface area contributed by atoms with E-state index in [2.05, 4.69) is 0 Å². The van der Waals surface area contributed by atoms with E-state index in [0.29, 0.717) is 5.56 Å². The van der Waals surface area contributed by atoms with Crippen molar-refractivity contribution < 1.29 is 10.0 Å². The predicted octanol–water partition coefficient (Wildman–Crippen LogP) is 3.49. The third-order valence-corrected chi connectivity index (χ3v) is 3.52. The highest BCUT2D eigenvalue weighted by Gasteiger charge is 2.17. The number of nitro groups is 1. The van der Waals surface area contributed by atoms with Gasteiger partial charge in [0.2, 0.25) is 0 Å². The Morgan fingerprint density at radius 2 is 1.85 bits per heavy atom. The molecule has 0 heterocycles. The SMILES string of the molecule is Cc1ccc(C(O)Cc2ccccc2[N+](=O)[O-])cc1C. The minimum absolute atomic E-state index is 0.0513. The Morgan fingerprint density at radius 1 is 1.15 bits per heavy atom. The van der Waals surface area contributed by atoms with Gasteiger partial charge in [0.05, 0.1) is 11.0 Å². The molecule has 1 atom stereocenters. The number of para-hydroxylation sites is 1. The first kappa shape index (κ1) is 14.2. The first-order chi connectivity index (χ1) is 9.49. The standard InChI is InChI=1S/C16H17NO3/c1-11-7-8-14(9-12(11)2)16(18)10-13-5-3-4-6-15(13)17(19)20/h3-9,16,18H,10H2,1-2H3. The first-order valence-corrected chi connectivity index (χ1v) is 6.46. The van der Waals surface area contributed by atoms with E-state index in [1.54, 1.807) is 18.2 Å². The molecule has 2 aromatic rings. The van der Waals surface area contributed by atoms with Crippen LogP contribution in [0.3, 0.4) is 0 Å². The molecule has 0 bridgehead atoms. The Hall–Kier alpha value is -2.20. The number of nitrogens with zero attached hydrogens (tertiary/aromatic N) is 1. The summed E-state index contributed by atoms with van der Waals surface area (Å²) in [6, 6.07) is 12.3. The lowest BCUT2D eigenvalue weighted by molar-refractivity contribution is -0.385. The zero-order chi connectivity index (χ0) is 14.7. The van der Waals surface area contributed by atoms with Crippen LogP contribution in [0, 0.1) is 24.0 Å².